The summed E-state index contributed by atoms with van der Waals surface area (Å²) in [6.45, 7) is 4.81. The quantitative estimate of drug-likeness (QED) is 0.828. The molecule has 0 saturated heterocycles. The van der Waals surface area contributed by atoms with Crippen molar-refractivity contribution in [3.63, 3.8) is 0 Å². The van der Waals surface area contributed by atoms with Gasteiger partial charge >= 0.3 is 5.97 Å². The number of aromatic nitrogens is 3. The molecule has 0 amide bonds. The minimum absolute atomic E-state index is 0.00248. The predicted octanol–water partition coefficient (Wildman–Crippen LogP) is 2.37. The second-order valence-corrected chi connectivity index (χ2v) is 5.37. The molecule has 0 atom stereocenters. The molecule has 2 aromatic rings. The van der Waals surface area contributed by atoms with Gasteiger partial charge in [0.2, 0.25) is 0 Å². The van der Waals surface area contributed by atoms with Crippen LogP contribution < -0.4 is 0 Å². The summed E-state index contributed by atoms with van der Waals surface area (Å²) in [5, 5.41) is 17.7. The number of carboxylic acid groups (broad SMARTS) is 1. The molecule has 0 aliphatic heterocycles. The number of hydrogen-bond donors (Lipinski definition) is 1. The summed E-state index contributed by atoms with van der Waals surface area (Å²) in [4.78, 5) is 10.6. The van der Waals surface area contributed by atoms with Crippen molar-refractivity contribution in [3.05, 3.63) is 41.2 Å². The first-order chi connectivity index (χ1) is 9.61. The zero-order valence-corrected chi connectivity index (χ0v) is 12.4. The van der Waals surface area contributed by atoms with Crippen LogP contribution in [0, 0.1) is 6.92 Å². The maximum Gasteiger partial charge on any atom is 0.313 e. The van der Waals surface area contributed by atoms with Crippen molar-refractivity contribution in [3.8, 4) is 0 Å². The maximum atomic E-state index is 10.6. The van der Waals surface area contributed by atoms with Gasteiger partial charge in [-0.05, 0) is 25.0 Å². The molecule has 106 valence electrons. The molecule has 1 N–H and O–H groups in total. The molecule has 0 saturated carbocycles. The van der Waals surface area contributed by atoms with E-state index in [4.69, 9.17) is 5.11 Å². The van der Waals surface area contributed by atoms with E-state index in [1.165, 1.54) is 22.9 Å². The van der Waals surface area contributed by atoms with Crippen LogP contribution in [-0.2, 0) is 17.8 Å². The Balaban J connectivity index is 2.20. The zero-order chi connectivity index (χ0) is 14.5. The zero-order valence-electron chi connectivity index (χ0n) is 11.5. The van der Waals surface area contributed by atoms with Crippen molar-refractivity contribution in [1.82, 2.24) is 14.8 Å². The van der Waals surface area contributed by atoms with E-state index in [0.717, 1.165) is 12.4 Å². The molecule has 0 radical (unpaired) electrons. The lowest BCUT2D eigenvalue weighted by atomic mass is 10.1. The van der Waals surface area contributed by atoms with Gasteiger partial charge in [0, 0.05) is 13.0 Å². The number of thioether (sulfide) groups is 1. The summed E-state index contributed by atoms with van der Waals surface area (Å²) >= 11 is 1.21. The summed E-state index contributed by atoms with van der Waals surface area (Å²) in [7, 11) is 0. The van der Waals surface area contributed by atoms with E-state index in [2.05, 4.69) is 29.3 Å². The fraction of sp³-hybridized carbons (Fsp3) is 0.357. The number of carboxylic acids is 1. The monoisotopic (exact) mass is 291 g/mol. The van der Waals surface area contributed by atoms with Crippen LogP contribution in [0.25, 0.3) is 0 Å². The van der Waals surface area contributed by atoms with Crippen molar-refractivity contribution in [2.75, 3.05) is 5.75 Å². The van der Waals surface area contributed by atoms with Gasteiger partial charge in [0.05, 0.1) is 5.75 Å². The Morgan fingerprint density at radius 1 is 1.35 bits per heavy atom. The Bertz CT molecular complexity index is 610. The Hall–Kier alpha value is -1.82. The van der Waals surface area contributed by atoms with E-state index in [1.54, 1.807) is 0 Å². The highest BCUT2D eigenvalue weighted by Gasteiger charge is 2.13. The Morgan fingerprint density at radius 3 is 2.75 bits per heavy atom. The van der Waals surface area contributed by atoms with Gasteiger partial charge in [0.15, 0.2) is 5.16 Å². The van der Waals surface area contributed by atoms with Gasteiger partial charge in [-0.3, -0.25) is 4.79 Å². The lowest BCUT2D eigenvalue weighted by Gasteiger charge is -2.08. The predicted molar refractivity (Wildman–Crippen MR) is 78.0 cm³/mol. The molecular weight excluding hydrogens is 274 g/mol. The molecule has 0 aliphatic rings. The van der Waals surface area contributed by atoms with Crippen molar-refractivity contribution in [2.24, 2.45) is 0 Å². The van der Waals surface area contributed by atoms with Gasteiger partial charge in [-0.25, -0.2) is 0 Å². The number of aryl methyl sites for hydroxylation is 1. The summed E-state index contributed by atoms with van der Waals surface area (Å²) in [5.74, 6) is 0.0264. The molecule has 5 nitrogen and oxygen atoms in total. The molecule has 0 fully saturated rings. The SMILES string of the molecule is CCn1c(Cc2ccccc2C)nnc1SCC(=O)O. The van der Waals surface area contributed by atoms with Crippen LogP contribution in [0.15, 0.2) is 29.4 Å². The summed E-state index contributed by atoms with van der Waals surface area (Å²) in [6.07, 6.45) is 0.709. The normalized spacial score (nSPS) is 10.7. The van der Waals surface area contributed by atoms with Gasteiger partial charge in [-0.1, -0.05) is 36.0 Å². The van der Waals surface area contributed by atoms with Gasteiger partial charge in [0.1, 0.15) is 5.82 Å². The van der Waals surface area contributed by atoms with Crippen LogP contribution in [0.3, 0.4) is 0 Å². The fourth-order valence-corrected chi connectivity index (χ4v) is 2.72. The van der Waals surface area contributed by atoms with Crippen LogP contribution >= 0.6 is 11.8 Å². The molecule has 0 bridgehead atoms. The van der Waals surface area contributed by atoms with Crippen molar-refractivity contribution in [2.45, 2.75) is 32.0 Å². The maximum absolute atomic E-state index is 10.6. The molecule has 20 heavy (non-hydrogen) atoms. The van der Waals surface area contributed by atoms with Crippen LogP contribution in [-0.4, -0.2) is 31.6 Å². The van der Waals surface area contributed by atoms with Crippen LogP contribution in [0.1, 0.15) is 23.9 Å². The molecule has 1 heterocycles. The highest BCUT2D eigenvalue weighted by molar-refractivity contribution is 7.99. The van der Waals surface area contributed by atoms with E-state index in [1.807, 2.05) is 23.6 Å². The molecule has 1 aromatic heterocycles. The van der Waals surface area contributed by atoms with Crippen LogP contribution in [0.2, 0.25) is 0 Å². The number of rotatable bonds is 6. The van der Waals surface area contributed by atoms with E-state index in [9.17, 15) is 4.79 Å². The van der Waals surface area contributed by atoms with Crippen molar-refractivity contribution < 1.29 is 9.90 Å². The van der Waals surface area contributed by atoms with Crippen LogP contribution in [0.4, 0.5) is 0 Å². The molecule has 0 spiro atoms. The second-order valence-electron chi connectivity index (χ2n) is 4.43. The average molecular weight is 291 g/mol. The minimum Gasteiger partial charge on any atom is -0.481 e. The number of benzene rings is 1. The van der Waals surface area contributed by atoms with Gasteiger partial charge in [0.25, 0.3) is 0 Å². The van der Waals surface area contributed by atoms with Crippen molar-refractivity contribution >= 4 is 17.7 Å². The fourth-order valence-electron chi connectivity index (χ4n) is 1.98. The molecule has 0 unspecified atom stereocenters. The summed E-state index contributed by atoms with van der Waals surface area (Å²) in [5.41, 5.74) is 2.43. The Kier molecular flexibility index (Phi) is 4.79. The smallest absolute Gasteiger partial charge is 0.313 e. The van der Waals surface area contributed by atoms with Gasteiger partial charge < -0.3 is 9.67 Å². The third-order valence-electron chi connectivity index (χ3n) is 3.04. The van der Waals surface area contributed by atoms with Gasteiger partial charge in [-0.2, -0.15) is 0 Å². The topological polar surface area (TPSA) is 68.0 Å². The van der Waals surface area contributed by atoms with E-state index < -0.39 is 5.97 Å². The van der Waals surface area contributed by atoms with E-state index in [0.29, 0.717) is 11.6 Å². The molecule has 0 aliphatic carbocycles. The van der Waals surface area contributed by atoms with Gasteiger partial charge in [-0.15, -0.1) is 10.2 Å². The second kappa shape index (κ2) is 6.56. The average Bonchev–Trinajstić information content (AvgIpc) is 2.81. The molecular formula is C14H17N3O2S. The third-order valence-corrected chi connectivity index (χ3v) is 4.00. The molecule has 2 rings (SSSR count). The first kappa shape index (κ1) is 14.6. The first-order valence-corrected chi connectivity index (χ1v) is 7.41. The largest absolute Gasteiger partial charge is 0.481 e. The lowest BCUT2D eigenvalue weighted by molar-refractivity contribution is -0.133. The minimum atomic E-state index is -0.846. The molecule has 1 aromatic carbocycles. The Morgan fingerprint density at radius 2 is 2.10 bits per heavy atom. The number of aliphatic carboxylic acids is 1. The number of hydrogen-bond acceptors (Lipinski definition) is 4. The van der Waals surface area contributed by atoms with Crippen LogP contribution in [0.5, 0.6) is 0 Å². The van der Waals surface area contributed by atoms with E-state index in [-0.39, 0.29) is 5.75 Å². The number of carbonyl (C=O) groups is 1. The highest BCUT2D eigenvalue weighted by atomic mass is 32.2. The standard InChI is InChI=1S/C14H17N3O2S/c1-3-17-12(8-11-7-5-4-6-10(11)2)15-16-14(17)20-9-13(18)19/h4-7H,3,8-9H2,1-2H3,(H,18,19). The summed E-state index contributed by atoms with van der Waals surface area (Å²) < 4.78 is 1.97. The third kappa shape index (κ3) is 3.39. The summed E-state index contributed by atoms with van der Waals surface area (Å²) in [6, 6.07) is 8.17. The lowest BCUT2D eigenvalue weighted by Crippen LogP contribution is -2.06. The highest BCUT2D eigenvalue weighted by Crippen LogP contribution is 2.19. The molecule has 6 heteroatoms. The first-order valence-electron chi connectivity index (χ1n) is 6.43. The van der Waals surface area contributed by atoms with Crippen molar-refractivity contribution in [1.29, 1.82) is 0 Å². The van der Waals surface area contributed by atoms with E-state index >= 15 is 0 Å². The Labute approximate surface area is 122 Å². The number of nitrogens with zero attached hydrogens (tertiary/aromatic N) is 3.